The molecule has 0 radical (unpaired) electrons. The average molecular weight is 224 g/mol. The van der Waals surface area contributed by atoms with E-state index >= 15 is 0 Å². The van der Waals surface area contributed by atoms with Gasteiger partial charge in [0.1, 0.15) is 0 Å². The Morgan fingerprint density at radius 3 is 2.62 bits per heavy atom. The largest absolute Gasteiger partial charge is 0.399 e. The molecule has 0 atom stereocenters. The van der Waals surface area contributed by atoms with Gasteiger partial charge in [0.05, 0.1) is 5.52 Å². The summed E-state index contributed by atoms with van der Waals surface area (Å²) in [6, 6.07) is 5.55. The second-order valence-electron chi connectivity index (χ2n) is 3.57. The molecule has 0 aliphatic carbocycles. The van der Waals surface area contributed by atoms with E-state index in [0.29, 0.717) is 16.6 Å². The number of halogens is 2. The number of aromatic nitrogens is 1. The molecule has 2 rings (SSSR count). The van der Waals surface area contributed by atoms with Crippen LogP contribution in [0.4, 0.5) is 14.5 Å². The Balaban J connectivity index is 2.96. The number of benzene rings is 1. The van der Waals surface area contributed by atoms with Crippen LogP contribution in [0.15, 0.2) is 29.1 Å². The lowest BCUT2D eigenvalue weighted by Crippen LogP contribution is -2.17. The third kappa shape index (κ3) is 1.54. The fraction of sp³-hybridized carbons (Fsp3) is 0.182. The molecule has 0 amide bonds. The fourth-order valence-corrected chi connectivity index (χ4v) is 1.68. The zero-order valence-corrected chi connectivity index (χ0v) is 8.58. The van der Waals surface area contributed by atoms with Crippen molar-refractivity contribution in [3.05, 3.63) is 40.2 Å². The summed E-state index contributed by atoms with van der Waals surface area (Å²) >= 11 is 0. The summed E-state index contributed by atoms with van der Waals surface area (Å²) < 4.78 is 26.8. The first-order chi connectivity index (χ1) is 7.50. The SMILES string of the molecule is Cn1c(=O)cc(C(F)F)c2cc(N)ccc21. The molecular weight excluding hydrogens is 214 g/mol. The van der Waals surface area contributed by atoms with Crippen LogP contribution in [-0.2, 0) is 7.05 Å². The van der Waals surface area contributed by atoms with Crippen molar-refractivity contribution in [3.8, 4) is 0 Å². The van der Waals surface area contributed by atoms with E-state index in [1.165, 1.54) is 17.7 Å². The maximum atomic E-state index is 12.8. The van der Waals surface area contributed by atoms with Crippen molar-refractivity contribution in [1.82, 2.24) is 4.57 Å². The first-order valence-electron chi connectivity index (χ1n) is 4.68. The number of hydrogen-bond donors (Lipinski definition) is 1. The number of hydrogen-bond acceptors (Lipinski definition) is 2. The van der Waals surface area contributed by atoms with Gasteiger partial charge in [0, 0.05) is 29.8 Å². The summed E-state index contributed by atoms with van der Waals surface area (Å²) in [5.74, 6) is 0. The van der Waals surface area contributed by atoms with Crippen LogP contribution in [-0.4, -0.2) is 4.57 Å². The molecule has 0 bridgehead atoms. The van der Waals surface area contributed by atoms with Gasteiger partial charge in [0.15, 0.2) is 0 Å². The van der Waals surface area contributed by atoms with Crippen LogP contribution in [0, 0.1) is 0 Å². The molecule has 2 aromatic rings. The molecule has 0 saturated heterocycles. The molecule has 16 heavy (non-hydrogen) atoms. The summed E-state index contributed by atoms with van der Waals surface area (Å²) in [5, 5.41) is 0.317. The third-order valence-electron chi connectivity index (χ3n) is 2.54. The van der Waals surface area contributed by atoms with E-state index < -0.39 is 12.0 Å². The number of anilines is 1. The molecule has 5 heteroatoms. The number of aryl methyl sites for hydroxylation is 1. The fourth-order valence-electron chi connectivity index (χ4n) is 1.68. The lowest BCUT2D eigenvalue weighted by atomic mass is 10.1. The molecule has 0 fully saturated rings. The van der Waals surface area contributed by atoms with Gasteiger partial charge in [-0.2, -0.15) is 0 Å². The van der Waals surface area contributed by atoms with Crippen LogP contribution < -0.4 is 11.3 Å². The summed E-state index contributed by atoms with van der Waals surface area (Å²) in [7, 11) is 1.54. The highest BCUT2D eigenvalue weighted by molar-refractivity contribution is 5.85. The molecule has 2 N–H and O–H groups in total. The van der Waals surface area contributed by atoms with E-state index in [4.69, 9.17) is 5.73 Å². The predicted molar refractivity (Wildman–Crippen MR) is 58.6 cm³/mol. The average Bonchev–Trinajstić information content (AvgIpc) is 2.22. The second kappa shape index (κ2) is 3.59. The number of fused-ring (bicyclic) bond motifs is 1. The normalized spacial score (nSPS) is 11.2. The molecule has 0 aliphatic heterocycles. The van der Waals surface area contributed by atoms with E-state index in [0.717, 1.165) is 6.07 Å². The Morgan fingerprint density at radius 2 is 2.00 bits per heavy atom. The van der Waals surface area contributed by atoms with E-state index in [-0.39, 0.29) is 5.56 Å². The van der Waals surface area contributed by atoms with Gasteiger partial charge in [0.25, 0.3) is 12.0 Å². The summed E-state index contributed by atoms with van der Waals surface area (Å²) in [5.41, 5.74) is 5.68. The third-order valence-corrected chi connectivity index (χ3v) is 2.54. The van der Waals surface area contributed by atoms with Gasteiger partial charge in [-0.3, -0.25) is 4.79 Å². The number of rotatable bonds is 1. The Kier molecular flexibility index (Phi) is 2.38. The Hall–Kier alpha value is -1.91. The number of nitrogen functional groups attached to an aromatic ring is 1. The van der Waals surface area contributed by atoms with Gasteiger partial charge in [-0.05, 0) is 18.2 Å². The minimum absolute atomic E-state index is 0.273. The quantitative estimate of drug-likeness (QED) is 0.753. The van der Waals surface area contributed by atoms with Crippen molar-refractivity contribution in [3.63, 3.8) is 0 Å². The van der Waals surface area contributed by atoms with Crippen LogP contribution in [0.2, 0.25) is 0 Å². The second-order valence-corrected chi connectivity index (χ2v) is 3.57. The number of nitrogens with two attached hydrogens (primary N) is 1. The lowest BCUT2D eigenvalue weighted by Gasteiger charge is -2.09. The first kappa shape index (κ1) is 10.6. The number of pyridine rings is 1. The summed E-state index contributed by atoms with van der Waals surface area (Å²) in [4.78, 5) is 11.4. The van der Waals surface area contributed by atoms with Gasteiger partial charge in [-0.1, -0.05) is 0 Å². The molecule has 84 valence electrons. The van der Waals surface area contributed by atoms with Crippen molar-refractivity contribution in [1.29, 1.82) is 0 Å². The molecule has 0 aliphatic rings. The van der Waals surface area contributed by atoms with Gasteiger partial charge in [-0.15, -0.1) is 0 Å². The Bertz CT molecular complexity index is 605. The Labute approximate surface area is 90.1 Å². The van der Waals surface area contributed by atoms with E-state index in [1.807, 2.05) is 0 Å². The molecule has 0 unspecified atom stereocenters. The molecular formula is C11H10F2N2O. The smallest absolute Gasteiger partial charge is 0.264 e. The van der Waals surface area contributed by atoms with Crippen LogP contribution in [0.1, 0.15) is 12.0 Å². The highest BCUT2D eigenvalue weighted by atomic mass is 19.3. The topological polar surface area (TPSA) is 48.0 Å². The molecule has 1 aromatic carbocycles. The van der Waals surface area contributed by atoms with E-state index in [1.54, 1.807) is 12.1 Å². The standard InChI is InChI=1S/C11H10F2N2O/c1-15-9-3-2-6(14)4-7(9)8(11(12)13)5-10(15)16/h2-5,11H,14H2,1H3. The van der Waals surface area contributed by atoms with Crippen molar-refractivity contribution >= 4 is 16.6 Å². The molecule has 3 nitrogen and oxygen atoms in total. The predicted octanol–water partition coefficient (Wildman–Crippen LogP) is 2.06. The maximum Gasteiger partial charge on any atom is 0.264 e. The zero-order valence-electron chi connectivity index (χ0n) is 8.58. The van der Waals surface area contributed by atoms with Gasteiger partial charge in [0.2, 0.25) is 0 Å². The van der Waals surface area contributed by atoms with Crippen LogP contribution in [0.25, 0.3) is 10.9 Å². The van der Waals surface area contributed by atoms with Gasteiger partial charge >= 0.3 is 0 Å². The molecule has 1 heterocycles. The van der Waals surface area contributed by atoms with Gasteiger partial charge < -0.3 is 10.3 Å². The maximum absolute atomic E-state index is 12.8. The zero-order chi connectivity index (χ0) is 11.9. The van der Waals surface area contributed by atoms with Gasteiger partial charge in [-0.25, -0.2) is 8.78 Å². The van der Waals surface area contributed by atoms with E-state index in [2.05, 4.69) is 0 Å². The lowest BCUT2D eigenvalue weighted by molar-refractivity contribution is 0.153. The van der Waals surface area contributed by atoms with Crippen molar-refractivity contribution in [2.24, 2.45) is 7.05 Å². The molecule has 0 saturated carbocycles. The molecule has 0 spiro atoms. The Morgan fingerprint density at radius 1 is 1.31 bits per heavy atom. The number of nitrogens with zero attached hydrogens (tertiary/aromatic N) is 1. The summed E-state index contributed by atoms with van der Waals surface area (Å²) in [6.45, 7) is 0. The van der Waals surface area contributed by atoms with Crippen LogP contribution in [0.3, 0.4) is 0 Å². The number of alkyl halides is 2. The minimum Gasteiger partial charge on any atom is -0.399 e. The van der Waals surface area contributed by atoms with Crippen molar-refractivity contribution in [2.75, 3.05) is 5.73 Å². The summed E-state index contributed by atoms with van der Waals surface area (Å²) in [6.07, 6.45) is -2.68. The van der Waals surface area contributed by atoms with E-state index in [9.17, 15) is 13.6 Å². The highest BCUT2D eigenvalue weighted by Crippen LogP contribution is 2.27. The van der Waals surface area contributed by atoms with Crippen molar-refractivity contribution in [2.45, 2.75) is 6.43 Å². The highest BCUT2D eigenvalue weighted by Gasteiger charge is 2.14. The molecule has 1 aromatic heterocycles. The van der Waals surface area contributed by atoms with Crippen LogP contribution >= 0.6 is 0 Å². The minimum atomic E-state index is -2.68. The van der Waals surface area contributed by atoms with Crippen molar-refractivity contribution < 1.29 is 8.78 Å². The van der Waals surface area contributed by atoms with Crippen LogP contribution in [0.5, 0.6) is 0 Å². The monoisotopic (exact) mass is 224 g/mol. The first-order valence-corrected chi connectivity index (χ1v) is 4.68.